The zero-order valence-corrected chi connectivity index (χ0v) is 6.89. The van der Waals surface area contributed by atoms with Crippen LogP contribution < -0.4 is 0 Å². The van der Waals surface area contributed by atoms with Crippen LogP contribution in [0, 0.1) is 11.3 Å². The third-order valence-electron chi connectivity index (χ3n) is 1.40. The molecule has 0 saturated carbocycles. The van der Waals surface area contributed by atoms with Crippen LogP contribution in [0.4, 0.5) is 0 Å². The third kappa shape index (κ3) is 1.69. The maximum atomic E-state index is 8.61. The number of aromatic nitrogens is 1. The van der Waals surface area contributed by atoms with Gasteiger partial charge in [0.05, 0.1) is 11.3 Å². The molecule has 1 rings (SSSR count). The summed E-state index contributed by atoms with van der Waals surface area (Å²) in [4.78, 5) is 4.01. The Kier molecular flexibility index (Phi) is 2.45. The fourth-order valence-electron chi connectivity index (χ4n) is 0.846. The Bertz CT molecular complexity index is 301. The molecule has 0 aliphatic rings. The summed E-state index contributed by atoms with van der Waals surface area (Å²) in [7, 11) is 0. The molecule has 2 nitrogen and oxygen atoms in total. The van der Waals surface area contributed by atoms with Crippen molar-refractivity contribution >= 4 is 11.6 Å². The van der Waals surface area contributed by atoms with Crippen molar-refractivity contribution in [3.05, 3.63) is 28.5 Å². The molecule has 0 spiro atoms. The van der Waals surface area contributed by atoms with Crippen LogP contribution in [0.25, 0.3) is 0 Å². The Morgan fingerprint density at radius 1 is 1.64 bits per heavy atom. The first-order valence-electron chi connectivity index (χ1n) is 3.33. The van der Waals surface area contributed by atoms with Crippen molar-refractivity contribution in [1.29, 1.82) is 5.26 Å². The highest BCUT2D eigenvalue weighted by Gasteiger charge is 2.00. The van der Waals surface area contributed by atoms with Gasteiger partial charge in [-0.25, -0.2) is 4.98 Å². The van der Waals surface area contributed by atoms with Gasteiger partial charge in [-0.1, -0.05) is 18.5 Å². The lowest BCUT2D eigenvalue weighted by molar-refractivity contribution is 1.02. The van der Waals surface area contributed by atoms with Crippen molar-refractivity contribution in [3.8, 4) is 6.07 Å². The molecule has 0 N–H and O–H groups in total. The lowest BCUT2D eigenvalue weighted by atomic mass is 10.2. The molecule has 3 heteroatoms. The number of pyridine rings is 1. The Hall–Kier alpha value is -1.07. The first kappa shape index (κ1) is 8.03. The fraction of sp³-hybridized carbons (Fsp3) is 0.250. The van der Waals surface area contributed by atoms with E-state index in [-0.39, 0.29) is 0 Å². The predicted octanol–water partition coefficient (Wildman–Crippen LogP) is 2.17. The van der Waals surface area contributed by atoms with Crippen molar-refractivity contribution in [2.24, 2.45) is 0 Å². The van der Waals surface area contributed by atoms with Gasteiger partial charge >= 0.3 is 0 Å². The molecule has 1 aromatic rings. The minimum absolute atomic E-state index is 0.445. The number of nitrogens with zero attached hydrogens (tertiary/aromatic N) is 2. The molecule has 1 aromatic heterocycles. The van der Waals surface area contributed by atoms with Crippen molar-refractivity contribution in [3.63, 3.8) is 0 Å². The SMILES string of the molecule is CCc1nc(Cl)ccc1C#N. The second kappa shape index (κ2) is 3.36. The Balaban J connectivity index is 3.19. The predicted molar refractivity (Wildman–Crippen MR) is 43.3 cm³/mol. The molecule has 0 amide bonds. The monoisotopic (exact) mass is 166 g/mol. The summed E-state index contributed by atoms with van der Waals surface area (Å²) in [5.41, 5.74) is 1.37. The number of halogens is 1. The highest BCUT2D eigenvalue weighted by atomic mass is 35.5. The number of rotatable bonds is 1. The average molecular weight is 167 g/mol. The van der Waals surface area contributed by atoms with E-state index in [2.05, 4.69) is 11.1 Å². The van der Waals surface area contributed by atoms with E-state index in [1.165, 1.54) is 0 Å². The maximum Gasteiger partial charge on any atom is 0.129 e. The maximum absolute atomic E-state index is 8.61. The van der Waals surface area contributed by atoms with Gasteiger partial charge in [0, 0.05) is 0 Å². The molecule has 0 atom stereocenters. The minimum Gasteiger partial charge on any atom is -0.240 e. The van der Waals surface area contributed by atoms with E-state index < -0.39 is 0 Å². The van der Waals surface area contributed by atoms with Gasteiger partial charge < -0.3 is 0 Å². The normalized spacial score (nSPS) is 9.18. The summed E-state index contributed by atoms with van der Waals surface area (Å²) in [6, 6.07) is 5.37. The molecule has 0 fully saturated rings. The standard InChI is InChI=1S/C8H7ClN2/c1-2-7-6(5-10)3-4-8(9)11-7/h3-4H,2H2,1H3. The van der Waals surface area contributed by atoms with E-state index in [4.69, 9.17) is 16.9 Å². The molecular formula is C8H7ClN2. The van der Waals surface area contributed by atoms with E-state index in [9.17, 15) is 0 Å². The van der Waals surface area contributed by atoms with Crippen LogP contribution >= 0.6 is 11.6 Å². The van der Waals surface area contributed by atoms with Crippen LogP contribution in [0.2, 0.25) is 5.15 Å². The summed E-state index contributed by atoms with van der Waals surface area (Å²) < 4.78 is 0. The summed E-state index contributed by atoms with van der Waals surface area (Å²) in [5, 5.41) is 9.05. The van der Waals surface area contributed by atoms with Crippen LogP contribution in [0.3, 0.4) is 0 Å². The van der Waals surface area contributed by atoms with Gasteiger partial charge in [0.15, 0.2) is 0 Å². The van der Waals surface area contributed by atoms with Gasteiger partial charge in [0.25, 0.3) is 0 Å². The van der Waals surface area contributed by atoms with Crippen molar-refractivity contribution in [1.82, 2.24) is 4.98 Å². The molecule has 0 saturated heterocycles. The van der Waals surface area contributed by atoms with Gasteiger partial charge in [0.2, 0.25) is 0 Å². The van der Waals surface area contributed by atoms with Crippen LogP contribution in [-0.2, 0) is 6.42 Å². The molecule has 0 aliphatic heterocycles. The molecular weight excluding hydrogens is 160 g/mol. The van der Waals surface area contributed by atoms with Gasteiger partial charge in [-0.15, -0.1) is 0 Å². The van der Waals surface area contributed by atoms with E-state index in [0.717, 1.165) is 12.1 Å². The third-order valence-corrected chi connectivity index (χ3v) is 1.61. The number of hydrogen-bond donors (Lipinski definition) is 0. The smallest absolute Gasteiger partial charge is 0.129 e. The molecule has 0 radical (unpaired) electrons. The second-order valence-electron chi connectivity index (χ2n) is 2.09. The van der Waals surface area contributed by atoms with E-state index in [1.54, 1.807) is 12.1 Å². The van der Waals surface area contributed by atoms with Crippen molar-refractivity contribution in [2.45, 2.75) is 13.3 Å². The quantitative estimate of drug-likeness (QED) is 0.600. The average Bonchev–Trinajstić information content (AvgIpc) is 2.04. The Morgan fingerprint density at radius 2 is 2.36 bits per heavy atom. The number of hydrogen-bond acceptors (Lipinski definition) is 2. The lowest BCUT2D eigenvalue weighted by Gasteiger charge is -1.97. The molecule has 1 heterocycles. The molecule has 0 bridgehead atoms. The first-order chi connectivity index (χ1) is 5.27. The summed E-state index contributed by atoms with van der Waals surface area (Å²) in [5.74, 6) is 0. The Morgan fingerprint density at radius 3 is 2.91 bits per heavy atom. The Labute approximate surface area is 70.4 Å². The summed E-state index contributed by atoms with van der Waals surface area (Å²) >= 11 is 5.63. The topological polar surface area (TPSA) is 36.7 Å². The number of aryl methyl sites for hydroxylation is 1. The fourth-order valence-corrected chi connectivity index (χ4v) is 1.01. The molecule has 56 valence electrons. The number of nitriles is 1. The van der Waals surface area contributed by atoms with Gasteiger partial charge in [-0.05, 0) is 18.6 Å². The highest BCUT2D eigenvalue weighted by molar-refractivity contribution is 6.29. The summed E-state index contributed by atoms with van der Waals surface area (Å²) in [6.45, 7) is 1.94. The van der Waals surface area contributed by atoms with Gasteiger partial charge in [-0.2, -0.15) is 5.26 Å². The minimum atomic E-state index is 0.445. The largest absolute Gasteiger partial charge is 0.240 e. The van der Waals surface area contributed by atoms with E-state index >= 15 is 0 Å². The van der Waals surface area contributed by atoms with Crippen molar-refractivity contribution < 1.29 is 0 Å². The second-order valence-corrected chi connectivity index (χ2v) is 2.48. The zero-order valence-electron chi connectivity index (χ0n) is 6.13. The molecule has 0 aromatic carbocycles. The van der Waals surface area contributed by atoms with Crippen LogP contribution in [0.15, 0.2) is 12.1 Å². The molecule has 0 unspecified atom stereocenters. The van der Waals surface area contributed by atoms with Gasteiger partial charge in [-0.3, -0.25) is 0 Å². The van der Waals surface area contributed by atoms with Crippen LogP contribution in [-0.4, -0.2) is 4.98 Å². The van der Waals surface area contributed by atoms with E-state index in [1.807, 2.05) is 6.92 Å². The van der Waals surface area contributed by atoms with Gasteiger partial charge in [0.1, 0.15) is 11.2 Å². The summed E-state index contributed by atoms with van der Waals surface area (Å²) in [6.07, 6.45) is 0.740. The highest BCUT2D eigenvalue weighted by Crippen LogP contribution is 2.10. The van der Waals surface area contributed by atoms with Crippen molar-refractivity contribution in [2.75, 3.05) is 0 Å². The van der Waals surface area contributed by atoms with E-state index in [0.29, 0.717) is 10.7 Å². The van der Waals surface area contributed by atoms with Crippen LogP contribution in [0.1, 0.15) is 18.2 Å². The zero-order chi connectivity index (χ0) is 8.27. The molecule has 11 heavy (non-hydrogen) atoms. The lowest BCUT2D eigenvalue weighted by Crippen LogP contribution is -1.91. The molecule has 0 aliphatic carbocycles. The van der Waals surface area contributed by atoms with Crippen LogP contribution in [0.5, 0.6) is 0 Å². The first-order valence-corrected chi connectivity index (χ1v) is 3.71.